The van der Waals surface area contributed by atoms with Crippen molar-refractivity contribution in [3.8, 4) is 0 Å². The first-order valence-electron chi connectivity index (χ1n) is 9.63. The predicted molar refractivity (Wildman–Crippen MR) is 106 cm³/mol. The van der Waals surface area contributed by atoms with E-state index >= 15 is 0 Å². The van der Waals surface area contributed by atoms with Gasteiger partial charge in [0, 0.05) is 37.1 Å². The lowest BCUT2D eigenvalue weighted by atomic mass is 10.1. The Morgan fingerprint density at radius 1 is 1.24 bits per heavy atom. The Balaban J connectivity index is 1.78. The van der Waals surface area contributed by atoms with E-state index in [0.29, 0.717) is 30.9 Å². The second-order valence-electron chi connectivity index (χ2n) is 7.96. The van der Waals surface area contributed by atoms with Crippen molar-refractivity contribution >= 4 is 27.1 Å². The Morgan fingerprint density at radius 2 is 1.97 bits per heavy atom. The molecule has 0 aromatic heterocycles. The zero-order chi connectivity index (χ0) is 21.4. The molecule has 10 heteroatoms. The number of likely N-dealkylation sites (tertiary alicyclic amines) is 1. The first kappa shape index (κ1) is 21.9. The van der Waals surface area contributed by atoms with Gasteiger partial charge < -0.3 is 10.2 Å². The summed E-state index contributed by atoms with van der Waals surface area (Å²) in [6.07, 6.45) is -0.620. The number of alkyl halides is 3. The maximum atomic E-state index is 13.6. The summed E-state index contributed by atoms with van der Waals surface area (Å²) >= 11 is 0. The lowest BCUT2D eigenvalue weighted by Crippen LogP contribution is -2.39. The number of nitrogens with zero attached hydrogens (tertiary/aromatic N) is 2. The van der Waals surface area contributed by atoms with Crippen LogP contribution >= 0.6 is 0 Å². The topological polar surface area (TPSA) is 69.7 Å². The van der Waals surface area contributed by atoms with Crippen LogP contribution in [0, 0.1) is 0 Å². The van der Waals surface area contributed by atoms with Crippen LogP contribution in [0.1, 0.15) is 31.7 Å². The number of sulfone groups is 1. The van der Waals surface area contributed by atoms with E-state index in [2.05, 4.69) is 17.1 Å². The van der Waals surface area contributed by atoms with Crippen molar-refractivity contribution in [2.24, 2.45) is 0 Å². The van der Waals surface area contributed by atoms with Gasteiger partial charge in [-0.25, -0.2) is 8.42 Å². The number of benzene rings is 1. The van der Waals surface area contributed by atoms with Gasteiger partial charge in [0.1, 0.15) is 5.75 Å². The number of hydrogen-bond donors (Lipinski definition) is 1. The number of halogens is 3. The van der Waals surface area contributed by atoms with Crippen LogP contribution in [0.2, 0.25) is 0 Å². The van der Waals surface area contributed by atoms with E-state index in [1.807, 2.05) is 4.90 Å². The average molecular weight is 433 g/mol. The Labute approximate surface area is 169 Å². The van der Waals surface area contributed by atoms with Crippen molar-refractivity contribution in [1.29, 1.82) is 0 Å². The van der Waals surface area contributed by atoms with Crippen molar-refractivity contribution < 1.29 is 26.4 Å². The molecule has 1 aromatic rings. The Hall–Kier alpha value is -1.81. The van der Waals surface area contributed by atoms with Gasteiger partial charge in [0.05, 0.1) is 11.3 Å². The number of carbonyl (C=O) groups excluding carboxylic acids is 1. The van der Waals surface area contributed by atoms with Crippen molar-refractivity contribution in [2.45, 2.75) is 44.4 Å². The summed E-state index contributed by atoms with van der Waals surface area (Å²) in [5.41, 5.74) is -0.957. The fourth-order valence-electron chi connectivity index (χ4n) is 4.24. The summed E-state index contributed by atoms with van der Waals surface area (Å²) in [5.74, 6) is -1.86. The third-order valence-electron chi connectivity index (χ3n) is 5.58. The second kappa shape index (κ2) is 8.14. The summed E-state index contributed by atoms with van der Waals surface area (Å²) in [4.78, 5) is 16.2. The van der Waals surface area contributed by atoms with Crippen molar-refractivity contribution in [3.05, 3.63) is 23.8 Å². The monoisotopic (exact) mass is 433 g/mol. The van der Waals surface area contributed by atoms with E-state index in [1.165, 1.54) is 6.07 Å². The molecule has 1 N–H and O–H groups in total. The average Bonchev–Trinajstić information content (AvgIpc) is 3.21. The van der Waals surface area contributed by atoms with Crippen LogP contribution < -0.4 is 10.2 Å². The fraction of sp³-hybridized carbons (Fsp3) is 0.632. The molecule has 6 nitrogen and oxygen atoms in total. The SMILES string of the molecule is CC1CCCN1C1CCN(c2ccc(NC(=O)CS(C)(=O)=O)c(C(F)(F)F)c2)C1. The van der Waals surface area contributed by atoms with Crippen LogP contribution in [-0.2, 0) is 20.8 Å². The highest BCUT2D eigenvalue weighted by atomic mass is 32.2. The van der Waals surface area contributed by atoms with Crippen LogP contribution in [0.15, 0.2) is 18.2 Å². The van der Waals surface area contributed by atoms with Crippen LogP contribution in [0.3, 0.4) is 0 Å². The fourth-order valence-corrected chi connectivity index (χ4v) is 4.79. The summed E-state index contributed by atoms with van der Waals surface area (Å²) in [7, 11) is -3.64. The summed E-state index contributed by atoms with van der Waals surface area (Å²) in [5, 5.41) is 2.09. The third-order valence-corrected chi connectivity index (χ3v) is 6.36. The van der Waals surface area contributed by atoms with E-state index in [0.717, 1.165) is 38.1 Å². The molecule has 3 rings (SSSR count). The lowest BCUT2D eigenvalue weighted by molar-refractivity contribution is -0.136. The molecular formula is C19H26F3N3O3S. The summed E-state index contributed by atoms with van der Waals surface area (Å²) in [6.45, 7) is 4.55. The highest BCUT2D eigenvalue weighted by Crippen LogP contribution is 2.38. The number of carbonyl (C=O) groups is 1. The maximum Gasteiger partial charge on any atom is 0.418 e. The molecule has 0 aliphatic carbocycles. The molecule has 0 radical (unpaired) electrons. The summed E-state index contributed by atoms with van der Waals surface area (Å²) < 4.78 is 63.2. The molecule has 29 heavy (non-hydrogen) atoms. The number of hydrogen-bond acceptors (Lipinski definition) is 5. The summed E-state index contributed by atoms with van der Waals surface area (Å²) in [6, 6.07) is 4.60. The molecule has 0 bridgehead atoms. The zero-order valence-corrected chi connectivity index (χ0v) is 17.3. The van der Waals surface area contributed by atoms with Gasteiger partial charge in [-0.05, 0) is 50.9 Å². The van der Waals surface area contributed by atoms with Crippen LogP contribution in [0.25, 0.3) is 0 Å². The van der Waals surface area contributed by atoms with Gasteiger partial charge in [0.25, 0.3) is 0 Å². The first-order chi connectivity index (χ1) is 13.4. The van der Waals surface area contributed by atoms with E-state index in [9.17, 15) is 26.4 Å². The van der Waals surface area contributed by atoms with Gasteiger partial charge in [0.2, 0.25) is 5.91 Å². The second-order valence-corrected chi connectivity index (χ2v) is 10.1. The van der Waals surface area contributed by atoms with Crippen molar-refractivity contribution in [2.75, 3.05) is 41.9 Å². The van der Waals surface area contributed by atoms with Crippen LogP contribution in [-0.4, -0.2) is 63.0 Å². The molecule has 2 unspecified atom stereocenters. The van der Waals surface area contributed by atoms with E-state index in [1.54, 1.807) is 6.07 Å². The Kier molecular flexibility index (Phi) is 6.14. The molecule has 0 spiro atoms. The largest absolute Gasteiger partial charge is 0.418 e. The number of rotatable bonds is 5. The van der Waals surface area contributed by atoms with Gasteiger partial charge >= 0.3 is 6.18 Å². The van der Waals surface area contributed by atoms with Gasteiger partial charge in [0.15, 0.2) is 9.84 Å². The van der Waals surface area contributed by atoms with Gasteiger partial charge in [-0.3, -0.25) is 9.69 Å². The van der Waals surface area contributed by atoms with Crippen LogP contribution in [0.5, 0.6) is 0 Å². The van der Waals surface area contributed by atoms with E-state index in [4.69, 9.17) is 0 Å². The highest BCUT2D eigenvalue weighted by molar-refractivity contribution is 7.91. The number of anilines is 2. The lowest BCUT2D eigenvalue weighted by Gasteiger charge is -2.29. The first-order valence-corrected chi connectivity index (χ1v) is 11.7. The predicted octanol–water partition coefficient (Wildman–Crippen LogP) is 2.75. The normalized spacial score (nSPS) is 23.6. The highest BCUT2D eigenvalue weighted by Gasteiger charge is 2.37. The van der Waals surface area contributed by atoms with E-state index in [-0.39, 0.29) is 0 Å². The quantitative estimate of drug-likeness (QED) is 0.773. The minimum atomic E-state index is -4.67. The molecule has 2 atom stereocenters. The van der Waals surface area contributed by atoms with E-state index < -0.39 is 38.9 Å². The molecule has 1 aromatic carbocycles. The molecule has 2 heterocycles. The van der Waals surface area contributed by atoms with Crippen molar-refractivity contribution in [3.63, 3.8) is 0 Å². The standard InChI is InChI=1S/C19H26F3N3O3S/c1-13-4-3-8-25(13)15-7-9-24(11-15)14-5-6-17(16(10-14)19(20,21)22)23-18(26)12-29(2,27)28/h5-6,10,13,15H,3-4,7-9,11-12H2,1-2H3,(H,23,26). The molecular weight excluding hydrogens is 407 g/mol. The van der Waals surface area contributed by atoms with Crippen molar-refractivity contribution in [1.82, 2.24) is 4.90 Å². The zero-order valence-electron chi connectivity index (χ0n) is 16.5. The van der Waals surface area contributed by atoms with Gasteiger partial charge in [-0.15, -0.1) is 0 Å². The Morgan fingerprint density at radius 3 is 2.55 bits per heavy atom. The number of nitrogens with one attached hydrogen (secondary N) is 1. The molecule has 0 saturated carbocycles. The minimum Gasteiger partial charge on any atom is -0.370 e. The van der Waals surface area contributed by atoms with Gasteiger partial charge in [-0.2, -0.15) is 13.2 Å². The van der Waals surface area contributed by atoms with Gasteiger partial charge in [-0.1, -0.05) is 0 Å². The Bertz CT molecular complexity index is 873. The molecule has 2 saturated heterocycles. The molecule has 2 fully saturated rings. The maximum absolute atomic E-state index is 13.6. The third kappa shape index (κ3) is 5.42. The number of amides is 1. The molecule has 2 aliphatic rings. The molecule has 162 valence electrons. The smallest absolute Gasteiger partial charge is 0.370 e. The minimum absolute atomic E-state index is 0.330. The van der Waals surface area contributed by atoms with Crippen LogP contribution in [0.4, 0.5) is 24.5 Å². The molecule has 1 amide bonds. The molecule has 2 aliphatic heterocycles.